The first-order chi connectivity index (χ1) is 9.46. The molecule has 0 amide bonds. The topological polar surface area (TPSA) is 86.3 Å². The van der Waals surface area contributed by atoms with Crippen molar-refractivity contribution < 1.29 is 19.4 Å². The Bertz CT molecular complexity index is 450. The van der Waals surface area contributed by atoms with E-state index in [4.69, 9.17) is 25.2 Å². The van der Waals surface area contributed by atoms with E-state index in [1.807, 2.05) is 19.9 Å². The maximum Gasteiger partial charge on any atom is 0.203 e. The Labute approximate surface area is 119 Å². The lowest BCUT2D eigenvalue weighted by Gasteiger charge is -2.23. The van der Waals surface area contributed by atoms with Crippen LogP contribution < -0.4 is 19.9 Å². The van der Waals surface area contributed by atoms with Crippen molar-refractivity contribution in [1.29, 1.82) is 0 Å². The van der Waals surface area contributed by atoms with Crippen LogP contribution in [0.5, 0.6) is 17.2 Å². The summed E-state index contributed by atoms with van der Waals surface area (Å²) in [4.78, 5) is 0. The lowest BCUT2D eigenvalue weighted by molar-refractivity contribution is 0.239. The average molecular weight is 282 g/mol. The van der Waals surface area contributed by atoms with Gasteiger partial charge in [-0.3, -0.25) is 0 Å². The molecule has 20 heavy (non-hydrogen) atoms. The minimum Gasteiger partial charge on any atom is -0.493 e. The molecule has 0 fully saturated rings. The Balaban J connectivity index is 2.76. The third-order valence-electron chi connectivity index (χ3n) is 3.16. The van der Waals surface area contributed by atoms with Crippen LogP contribution in [0.4, 0.5) is 0 Å². The lowest BCUT2D eigenvalue weighted by atomic mass is 9.88. The second kappa shape index (κ2) is 6.88. The number of nitrogens with zero attached hydrogens (tertiary/aromatic N) is 1. The van der Waals surface area contributed by atoms with Crippen molar-refractivity contribution in [2.75, 3.05) is 20.8 Å². The minimum absolute atomic E-state index is 0.174. The summed E-state index contributed by atoms with van der Waals surface area (Å²) < 4.78 is 16.2. The number of hydrogen-bond donors (Lipinski definition) is 2. The molecule has 0 spiro atoms. The van der Waals surface area contributed by atoms with Crippen LogP contribution in [0.15, 0.2) is 23.4 Å². The molecule has 1 aromatic carbocycles. The monoisotopic (exact) mass is 282 g/mol. The predicted molar refractivity (Wildman–Crippen MR) is 76.8 cm³/mol. The average Bonchev–Trinajstić information content (AvgIpc) is 2.46. The molecule has 6 nitrogen and oxygen atoms in total. The molecule has 0 saturated carbocycles. The van der Waals surface area contributed by atoms with Crippen molar-refractivity contribution in [2.45, 2.75) is 20.3 Å². The van der Waals surface area contributed by atoms with Crippen LogP contribution in [0.25, 0.3) is 0 Å². The molecule has 0 bridgehead atoms. The predicted octanol–water partition coefficient (Wildman–Crippen LogP) is 2.25. The fourth-order valence-corrected chi connectivity index (χ4v) is 1.63. The molecule has 1 aromatic rings. The summed E-state index contributed by atoms with van der Waals surface area (Å²) in [6.45, 7) is 4.15. The summed E-state index contributed by atoms with van der Waals surface area (Å²) in [7, 11) is 3.14. The number of ether oxygens (including phenoxy) is 3. The second-order valence-corrected chi connectivity index (χ2v) is 4.96. The third kappa shape index (κ3) is 3.69. The molecule has 6 heteroatoms. The summed E-state index contributed by atoms with van der Waals surface area (Å²) >= 11 is 0. The zero-order chi connectivity index (χ0) is 15.2. The zero-order valence-electron chi connectivity index (χ0n) is 12.3. The lowest BCUT2D eigenvalue weighted by Crippen LogP contribution is -2.33. The molecule has 0 atom stereocenters. The molecular weight excluding hydrogens is 260 g/mol. The number of oxime groups is 1. The molecule has 0 aliphatic carbocycles. The van der Waals surface area contributed by atoms with Gasteiger partial charge in [0.05, 0.1) is 20.8 Å². The molecule has 0 aromatic heterocycles. The van der Waals surface area contributed by atoms with Gasteiger partial charge < -0.3 is 25.2 Å². The van der Waals surface area contributed by atoms with Gasteiger partial charge in [0.25, 0.3) is 0 Å². The van der Waals surface area contributed by atoms with Crippen molar-refractivity contribution in [3.63, 3.8) is 0 Å². The van der Waals surface area contributed by atoms with Crippen molar-refractivity contribution in [2.24, 2.45) is 16.3 Å². The molecular formula is C14H22N2O4. The van der Waals surface area contributed by atoms with Crippen molar-refractivity contribution in [3.8, 4) is 17.2 Å². The van der Waals surface area contributed by atoms with Crippen molar-refractivity contribution >= 4 is 5.84 Å². The summed E-state index contributed by atoms with van der Waals surface area (Å²) in [5.74, 6) is 1.93. The van der Waals surface area contributed by atoms with Crippen LogP contribution in [0.3, 0.4) is 0 Å². The van der Waals surface area contributed by atoms with Gasteiger partial charge in [-0.25, -0.2) is 0 Å². The number of nitrogens with two attached hydrogens (primary N) is 1. The van der Waals surface area contributed by atoms with E-state index >= 15 is 0 Å². The number of benzene rings is 1. The third-order valence-corrected chi connectivity index (χ3v) is 3.16. The van der Waals surface area contributed by atoms with Gasteiger partial charge in [-0.1, -0.05) is 25.1 Å². The van der Waals surface area contributed by atoms with Crippen LogP contribution in [0.2, 0.25) is 0 Å². The van der Waals surface area contributed by atoms with Crippen molar-refractivity contribution in [1.82, 2.24) is 0 Å². The highest BCUT2D eigenvalue weighted by Gasteiger charge is 2.24. The highest BCUT2D eigenvalue weighted by atomic mass is 16.5. The second-order valence-electron chi connectivity index (χ2n) is 4.96. The van der Waals surface area contributed by atoms with Gasteiger partial charge >= 0.3 is 0 Å². The first-order valence-electron chi connectivity index (χ1n) is 6.28. The van der Waals surface area contributed by atoms with Crippen LogP contribution in [-0.2, 0) is 0 Å². The van der Waals surface area contributed by atoms with Crippen LogP contribution in [0.1, 0.15) is 20.3 Å². The number of methoxy groups -OCH3 is 2. The first kappa shape index (κ1) is 15.9. The first-order valence-corrected chi connectivity index (χ1v) is 6.28. The van der Waals surface area contributed by atoms with E-state index in [0.717, 1.165) is 0 Å². The Kier molecular flexibility index (Phi) is 5.49. The van der Waals surface area contributed by atoms with E-state index in [1.165, 1.54) is 0 Å². The normalized spacial score (nSPS) is 12.1. The Morgan fingerprint density at radius 1 is 1.25 bits per heavy atom. The van der Waals surface area contributed by atoms with E-state index in [9.17, 15) is 0 Å². The molecule has 0 unspecified atom stereocenters. The van der Waals surface area contributed by atoms with Gasteiger partial charge in [0.15, 0.2) is 11.5 Å². The number of rotatable bonds is 7. The Hall–Kier alpha value is -2.11. The van der Waals surface area contributed by atoms with Crippen LogP contribution >= 0.6 is 0 Å². The van der Waals surface area contributed by atoms with E-state index in [-0.39, 0.29) is 5.84 Å². The van der Waals surface area contributed by atoms with E-state index in [2.05, 4.69) is 5.16 Å². The smallest absolute Gasteiger partial charge is 0.203 e. The number of para-hydroxylation sites is 1. The van der Waals surface area contributed by atoms with Gasteiger partial charge in [0, 0.05) is 5.41 Å². The van der Waals surface area contributed by atoms with E-state index in [1.54, 1.807) is 26.4 Å². The quantitative estimate of drug-likeness (QED) is 0.347. The van der Waals surface area contributed by atoms with Crippen molar-refractivity contribution in [3.05, 3.63) is 18.2 Å². The number of hydrogen-bond acceptors (Lipinski definition) is 5. The molecule has 0 heterocycles. The molecule has 0 radical (unpaired) electrons. The Morgan fingerprint density at radius 2 is 1.80 bits per heavy atom. The minimum atomic E-state index is -0.454. The highest BCUT2D eigenvalue weighted by Crippen LogP contribution is 2.37. The highest BCUT2D eigenvalue weighted by molar-refractivity contribution is 5.85. The van der Waals surface area contributed by atoms with Gasteiger partial charge in [-0.15, -0.1) is 0 Å². The fourth-order valence-electron chi connectivity index (χ4n) is 1.63. The maximum atomic E-state index is 8.73. The Morgan fingerprint density at radius 3 is 2.25 bits per heavy atom. The summed E-state index contributed by atoms with van der Waals surface area (Å²) in [6, 6.07) is 5.42. The molecule has 1 rings (SSSR count). The molecule has 112 valence electrons. The SMILES string of the molecule is COc1cccc(OC)c1OCCC(C)(C)C(N)=NO. The molecule has 0 aliphatic rings. The van der Waals surface area contributed by atoms with Crippen LogP contribution in [0, 0.1) is 5.41 Å². The van der Waals surface area contributed by atoms with Gasteiger partial charge in [0.1, 0.15) is 5.84 Å². The largest absolute Gasteiger partial charge is 0.493 e. The van der Waals surface area contributed by atoms with Gasteiger partial charge in [0.2, 0.25) is 5.75 Å². The summed E-state index contributed by atoms with van der Waals surface area (Å²) in [6.07, 6.45) is 0.587. The molecule has 3 N–H and O–H groups in total. The summed E-state index contributed by atoms with van der Waals surface area (Å²) in [5.41, 5.74) is 5.18. The van der Waals surface area contributed by atoms with Crippen LogP contribution in [-0.4, -0.2) is 31.9 Å². The van der Waals surface area contributed by atoms with Gasteiger partial charge in [-0.2, -0.15) is 0 Å². The zero-order valence-corrected chi connectivity index (χ0v) is 12.3. The number of amidine groups is 1. The van der Waals surface area contributed by atoms with Gasteiger partial charge in [-0.05, 0) is 18.6 Å². The molecule has 0 aliphatic heterocycles. The standard InChI is InChI=1S/C14H22N2O4/c1-14(2,13(15)16-17)8-9-20-12-10(18-3)6-5-7-11(12)19-4/h5-7,17H,8-9H2,1-4H3,(H2,15,16). The fraction of sp³-hybridized carbons (Fsp3) is 0.500. The molecule has 0 saturated heterocycles. The van der Waals surface area contributed by atoms with E-state index in [0.29, 0.717) is 30.3 Å². The maximum absolute atomic E-state index is 8.73. The van der Waals surface area contributed by atoms with E-state index < -0.39 is 5.41 Å². The summed E-state index contributed by atoms with van der Waals surface area (Å²) in [5, 5.41) is 11.8.